The first-order chi connectivity index (χ1) is 18.1. The number of amides is 1. The summed E-state index contributed by atoms with van der Waals surface area (Å²) in [6.45, 7) is 2.21. The number of nitrogens with zero attached hydrogens (tertiary/aromatic N) is 5. The van der Waals surface area contributed by atoms with Crippen molar-refractivity contribution in [3.8, 4) is 17.2 Å². The summed E-state index contributed by atoms with van der Waals surface area (Å²) in [6, 6.07) is 12.9. The molecule has 1 aliphatic heterocycles. The van der Waals surface area contributed by atoms with Gasteiger partial charge in [-0.1, -0.05) is 41.9 Å². The lowest BCUT2D eigenvalue weighted by Gasteiger charge is -2.43. The van der Waals surface area contributed by atoms with Crippen LogP contribution in [0, 0.1) is 23.2 Å². The SMILES string of the molecule is C/N=C(Cl)\C=C/c1ccccc1-c1cc(C#N)c(N2CCN(C(=O)C3CC3)C(C3CC3)C2)nc1C1CC1. The summed E-state index contributed by atoms with van der Waals surface area (Å²) in [5.41, 5.74) is 4.76. The molecule has 1 unspecified atom stereocenters. The predicted octanol–water partition coefficient (Wildman–Crippen LogP) is 5.62. The Morgan fingerprint density at radius 2 is 1.92 bits per heavy atom. The molecule has 37 heavy (non-hydrogen) atoms. The molecular formula is C30H32ClN5O. The Morgan fingerprint density at radius 1 is 1.14 bits per heavy atom. The van der Waals surface area contributed by atoms with Crippen LogP contribution in [-0.4, -0.2) is 53.7 Å². The molecule has 0 radical (unpaired) electrons. The van der Waals surface area contributed by atoms with Crippen LogP contribution in [-0.2, 0) is 4.79 Å². The average molecular weight is 514 g/mol. The van der Waals surface area contributed by atoms with Crippen LogP contribution in [0.25, 0.3) is 17.2 Å². The van der Waals surface area contributed by atoms with Crippen LogP contribution in [0.2, 0.25) is 0 Å². The number of allylic oxidation sites excluding steroid dienone is 1. The second kappa shape index (κ2) is 9.95. The van der Waals surface area contributed by atoms with Gasteiger partial charge in [-0.25, -0.2) is 4.98 Å². The van der Waals surface area contributed by atoms with Crippen LogP contribution >= 0.6 is 11.6 Å². The molecule has 1 atom stereocenters. The summed E-state index contributed by atoms with van der Waals surface area (Å²) in [5.74, 6) is 2.36. The van der Waals surface area contributed by atoms with E-state index in [2.05, 4.69) is 33.0 Å². The van der Waals surface area contributed by atoms with Crippen molar-refractivity contribution in [2.24, 2.45) is 16.8 Å². The van der Waals surface area contributed by atoms with Gasteiger partial charge in [-0.3, -0.25) is 9.79 Å². The fourth-order valence-corrected chi connectivity index (χ4v) is 5.63. The zero-order valence-corrected chi connectivity index (χ0v) is 22.0. The Kier molecular flexibility index (Phi) is 6.50. The maximum absolute atomic E-state index is 13.0. The number of hydrogen-bond acceptors (Lipinski definition) is 5. The zero-order chi connectivity index (χ0) is 25.5. The Hall–Kier alpha value is -3.17. The number of aromatic nitrogens is 1. The number of piperazine rings is 1. The molecule has 3 aliphatic carbocycles. The smallest absolute Gasteiger partial charge is 0.226 e. The fourth-order valence-electron chi connectivity index (χ4n) is 5.57. The minimum atomic E-state index is 0.232. The quantitative estimate of drug-likeness (QED) is 0.451. The molecule has 0 N–H and O–H groups in total. The van der Waals surface area contributed by atoms with Crippen molar-refractivity contribution in [3.63, 3.8) is 0 Å². The molecule has 6 nitrogen and oxygen atoms in total. The molecule has 2 aromatic rings. The van der Waals surface area contributed by atoms with Gasteiger partial charge in [0.1, 0.15) is 17.1 Å². The van der Waals surface area contributed by atoms with Crippen LogP contribution in [0.5, 0.6) is 0 Å². The summed E-state index contributed by atoms with van der Waals surface area (Å²) >= 11 is 6.13. The van der Waals surface area contributed by atoms with Crippen LogP contribution in [0.4, 0.5) is 5.82 Å². The van der Waals surface area contributed by atoms with Gasteiger partial charge in [0.25, 0.3) is 0 Å². The highest BCUT2D eigenvalue weighted by molar-refractivity contribution is 6.68. The maximum Gasteiger partial charge on any atom is 0.226 e. The van der Waals surface area contributed by atoms with E-state index in [1.54, 1.807) is 13.1 Å². The number of rotatable bonds is 7. The summed E-state index contributed by atoms with van der Waals surface area (Å²) in [6.07, 6.45) is 10.5. The van der Waals surface area contributed by atoms with E-state index in [0.29, 0.717) is 28.5 Å². The van der Waals surface area contributed by atoms with Gasteiger partial charge in [0.2, 0.25) is 5.91 Å². The van der Waals surface area contributed by atoms with Crippen molar-refractivity contribution in [2.75, 3.05) is 31.6 Å². The average Bonchev–Trinajstić information content (AvgIpc) is 3.80. The molecule has 6 rings (SSSR count). The summed E-state index contributed by atoms with van der Waals surface area (Å²) in [4.78, 5) is 26.6. The van der Waals surface area contributed by atoms with E-state index in [-0.39, 0.29) is 12.0 Å². The van der Waals surface area contributed by atoms with Crippen molar-refractivity contribution in [2.45, 2.75) is 50.5 Å². The monoisotopic (exact) mass is 513 g/mol. The number of benzene rings is 1. The Balaban J connectivity index is 1.36. The third kappa shape index (κ3) is 5.02. The lowest BCUT2D eigenvalue weighted by atomic mass is 9.94. The third-order valence-corrected chi connectivity index (χ3v) is 8.37. The highest BCUT2D eigenvalue weighted by Gasteiger charge is 2.45. The van der Waals surface area contributed by atoms with Crippen molar-refractivity contribution < 1.29 is 4.79 Å². The van der Waals surface area contributed by atoms with Gasteiger partial charge in [0.15, 0.2) is 0 Å². The first-order valence-corrected chi connectivity index (χ1v) is 13.9. The van der Waals surface area contributed by atoms with E-state index in [0.717, 1.165) is 73.5 Å². The lowest BCUT2D eigenvalue weighted by Crippen LogP contribution is -2.57. The molecule has 0 spiro atoms. The van der Waals surface area contributed by atoms with E-state index in [4.69, 9.17) is 16.6 Å². The molecule has 190 valence electrons. The topological polar surface area (TPSA) is 72.6 Å². The summed E-state index contributed by atoms with van der Waals surface area (Å²) < 4.78 is 0. The third-order valence-electron chi connectivity index (χ3n) is 8.08. The molecule has 1 amide bonds. The number of carbonyl (C=O) groups excluding carboxylic acids is 1. The van der Waals surface area contributed by atoms with Crippen LogP contribution < -0.4 is 4.90 Å². The van der Waals surface area contributed by atoms with E-state index in [1.807, 2.05) is 24.3 Å². The molecule has 4 fully saturated rings. The van der Waals surface area contributed by atoms with Crippen molar-refractivity contribution in [1.29, 1.82) is 5.26 Å². The second-order valence-corrected chi connectivity index (χ2v) is 11.2. The minimum absolute atomic E-state index is 0.232. The highest BCUT2D eigenvalue weighted by atomic mass is 35.5. The second-order valence-electron chi connectivity index (χ2n) is 10.8. The molecule has 4 aliphatic rings. The highest BCUT2D eigenvalue weighted by Crippen LogP contribution is 2.46. The Bertz CT molecular complexity index is 1320. The van der Waals surface area contributed by atoms with Gasteiger partial charge in [0, 0.05) is 44.1 Å². The van der Waals surface area contributed by atoms with Gasteiger partial charge >= 0.3 is 0 Å². The molecule has 2 heterocycles. The standard InChI is InChI=1S/C30H32ClN5O/c1-33-27(31)13-12-19-4-2-3-5-24(19)25-16-23(17-32)29(34-28(25)21-8-9-21)35-14-15-36(30(37)22-10-11-22)26(18-35)20-6-7-20/h2-5,12-13,16,20-22,26H,6-11,14-15,18H2,1H3/b13-12-,33-27+. The largest absolute Gasteiger partial charge is 0.352 e. The number of halogens is 1. The van der Waals surface area contributed by atoms with Crippen LogP contribution in [0.1, 0.15) is 61.3 Å². The van der Waals surface area contributed by atoms with Gasteiger partial charge in [-0.05, 0) is 67.7 Å². The molecule has 7 heteroatoms. The zero-order valence-electron chi connectivity index (χ0n) is 21.2. The first kappa shape index (κ1) is 24.2. The molecule has 3 saturated carbocycles. The van der Waals surface area contributed by atoms with Crippen LogP contribution in [0.15, 0.2) is 41.4 Å². The molecule has 1 aromatic heterocycles. The molecule has 1 saturated heterocycles. The molecular weight excluding hydrogens is 482 g/mol. The Morgan fingerprint density at radius 3 is 2.59 bits per heavy atom. The number of aliphatic imine (C=N–C) groups is 1. The van der Waals surface area contributed by atoms with Gasteiger partial charge in [0.05, 0.1) is 17.3 Å². The fraction of sp³-hybridized carbons (Fsp3) is 0.467. The number of anilines is 1. The van der Waals surface area contributed by atoms with Crippen molar-refractivity contribution in [1.82, 2.24) is 9.88 Å². The minimum Gasteiger partial charge on any atom is -0.352 e. The normalized spacial score (nSPS) is 22.4. The van der Waals surface area contributed by atoms with E-state index in [9.17, 15) is 10.1 Å². The summed E-state index contributed by atoms with van der Waals surface area (Å²) in [5, 5.41) is 10.7. The first-order valence-electron chi connectivity index (χ1n) is 13.5. The number of hydrogen-bond donors (Lipinski definition) is 0. The van der Waals surface area contributed by atoms with Gasteiger partial charge in [-0.2, -0.15) is 5.26 Å². The number of carbonyl (C=O) groups is 1. The van der Waals surface area contributed by atoms with E-state index < -0.39 is 0 Å². The van der Waals surface area contributed by atoms with Crippen molar-refractivity contribution >= 4 is 34.6 Å². The molecule has 1 aromatic carbocycles. The molecule has 0 bridgehead atoms. The van der Waals surface area contributed by atoms with Crippen LogP contribution in [0.3, 0.4) is 0 Å². The van der Waals surface area contributed by atoms with Gasteiger partial charge in [-0.15, -0.1) is 0 Å². The van der Waals surface area contributed by atoms with Gasteiger partial charge < -0.3 is 9.80 Å². The predicted molar refractivity (Wildman–Crippen MR) is 148 cm³/mol. The Labute approximate surface area is 223 Å². The van der Waals surface area contributed by atoms with E-state index in [1.165, 1.54) is 12.8 Å². The number of nitriles is 1. The van der Waals surface area contributed by atoms with E-state index >= 15 is 0 Å². The lowest BCUT2D eigenvalue weighted by molar-refractivity contribution is -0.135. The summed E-state index contributed by atoms with van der Waals surface area (Å²) in [7, 11) is 1.67. The maximum atomic E-state index is 13.0. The van der Waals surface area contributed by atoms with Crippen molar-refractivity contribution in [3.05, 3.63) is 53.2 Å². The number of pyridine rings is 1.